The molecule has 108 valence electrons. The summed E-state index contributed by atoms with van der Waals surface area (Å²) in [6.45, 7) is 5.76. The van der Waals surface area contributed by atoms with Crippen molar-refractivity contribution in [3.63, 3.8) is 0 Å². The number of carboxylic acid groups (broad SMARTS) is 1. The lowest BCUT2D eigenvalue weighted by Crippen LogP contribution is -2.30. The number of nitrogens with one attached hydrogen (secondary N) is 2. The molecule has 0 saturated carbocycles. The first-order chi connectivity index (χ1) is 9.35. The van der Waals surface area contributed by atoms with E-state index in [1.165, 1.54) is 19.2 Å². The minimum Gasteiger partial charge on any atom is -0.496 e. The predicted molar refractivity (Wildman–Crippen MR) is 76.8 cm³/mol. The number of benzene rings is 1. The number of carbonyl (C=O) groups is 2. The van der Waals surface area contributed by atoms with Gasteiger partial charge in [-0.25, -0.2) is 9.59 Å². The molecule has 1 aromatic rings. The van der Waals surface area contributed by atoms with Gasteiger partial charge in [-0.05, 0) is 13.0 Å². The number of amides is 2. The Hall–Kier alpha value is -2.21. The van der Waals surface area contributed by atoms with Crippen LogP contribution in [0.2, 0.25) is 5.02 Å². The van der Waals surface area contributed by atoms with Crippen molar-refractivity contribution < 1.29 is 19.4 Å². The molecule has 0 aliphatic carbocycles. The zero-order valence-electron chi connectivity index (χ0n) is 11.1. The van der Waals surface area contributed by atoms with Crippen LogP contribution in [0.5, 0.6) is 5.75 Å². The highest BCUT2D eigenvalue weighted by Gasteiger charge is 2.16. The largest absolute Gasteiger partial charge is 0.496 e. The lowest BCUT2D eigenvalue weighted by atomic mass is 10.2. The summed E-state index contributed by atoms with van der Waals surface area (Å²) in [5, 5.41) is 14.2. The molecule has 0 fully saturated rings. The van der Waals surface area contributed by atoms with Crippen LogP contribution in [0.25, 0.3) is 0 Å². The molecule has 1 aromatic carbocycles. The van der Waals surface area contributed by atoms with Crippen molar-refractivity contribution in [3.8, 4) is 5.75 Å². The van der Waals surface area contributed by atoms with Gasteiger partial charge < -0.3 is 20.5 Å². The van der Waals surface area contributed by atoms with Gasteiger partial charge in [0.25, 0.3) is 0 Å². The number of hydrogen-bond donors (Lipinski definition) is 3. The molecule has 0 aliphatic heterocycles. The maximum absolute atomic E-state index is 11.6. The Bertz CT molecular complexity index is 558. The number of urea groups is 1. The van der Waals surface area contributed by atoms with Gasteiger partial charge in [0.1, 0.15) is 11.3 Å². The molecule has 0 spiro atoms. The first-order valence-corrected chi connectivity index (χ1v) is 6.03. The molecule has 0 radical (unpaired) electrons. The Morgan fingerprint density at radius 3 is 2.60 bits per heavy atom. The molecule has 0 bridgehead atoms. The SMILES string of the molecule is C=C(C)CNC(=O)Nc1cc(OC)c(C(=O)O)cc1Cl. The summed E-state index contributed by atoms with van der Waals surface area (Å²) in [7, 11) is 1.33. The smallest absolute Gasteiger partial charge is 0.339 e. The van der Waals surface area contributed by atoms with Crippen LogP contribution in [0.15, 0.2) is 24.3 Å². The third-order valence-electron chi connectivity index (χ3n) is 2.32. The third-order valence-corrected chi connectivity index (χ3v) is 2.63. The Morgan fingerprint density at radius 1 is 1.45 bits per heavy atom. The average molecular weight is 299 g/mol. The molecule has 0 unspecified atom stereocenters. The van der Waals surface area contributed by atoms with Gasteiger partial charge in [-0.1, -0.05) is 23.8 Å². The summed E-state index contributed by atoms with van der Waals surface area (Å²) in [5.41, 5.74) is 0.975. The number of carboxylic acids is 1. The van der Waals surface area contributed by atoms with E-state index in [-0.39, 0.29) is 22.0 Å². The van der Waals surface area contributed by atoms with E-state index in [0.29, 0.717) is 6.54 Å². The maximum atomic E-state index is 11.6. The maximum Gasteiger partial charge on any atom is 0.339 e. The van der Waals surface area contributed by atoms with Crippen LogP contribution < -0.4 is 15.4 Å². The number of hydrogen-bond acceptors (Lipinski definition) is 3. The first-order valence-electron chi connectivity index (χ1n) is 5.65. The fourth-order valence-corrected chi connectivity index (χ4v) is 1.59. The fraction of sp³-hybridized carbons (Fsp3) is 0.231. The van der Waals surface area contributed by atoms with Crippen LogP contribution in [0.3, 0.4) is 0 Å². The summed E-state index contributed by atoms with van der Waals surface area (Å²) >= 11 is 5.93. The van der Waals surface area contributed by atoms with E-state index in [1.54, 1.807) is 6.92 Å². The summed E-state index contributed by atoms with van der Waals surface area (Å²) in [6, 6.07) is 2.10. The molecular formula is C13H15ClN2O4. The summed E-state index contributed by atoms with van der Waals surface area (Å²) in [6.07, 6.45) is 0. The molecule has 0 heterocycles. The van der Waals surface area contributed by atoms with Crippen molar-refractivity contribution in [1.82, 2.24) is 5.32 Å². The van der Waals surface area contributed by atoms with Crippen LogP contribution in [0.1, 0.15) is 17.3 Å². The second-order valence-electron chi connectivity index (χ2n) is 4.10. The molecular weight excluding hydrogens is 284 g/mol. The van der Waals surface area contributed by atoms with Crippen molar-refractivity contribution in [2.75, 3.05) is 19.0 Å². The quantitative estimate of drug-likeness (QED) is 0.729. The standard InChI is InChI=1S/C13H15ClN2O4/c1-7(2)6-15-13(19)16-10-5-11(20-3)8(12(17)18)4-9(10)14/h4-5H,1,6H2,2-3H3,(H,17,18)(H2,15,16,19). The molecule has 6 nitrogen and oxygen atoms in total. The highest BCUT2D eigenvalue weighted by molar-refractivity contribution is 6.34. The highest BCUT2D eigenvalue weighted by atomic mass is 35.5. The number of methoxy groups -OCH3 is 1. The van der Waals surface area contributed by atoms with E-state index in [1.807, 2.05) is 0 Å². The van der Waals surface area contributed by atoms with Gasteiger partial charge in [0.2, 0.25) is 0 Å². The number of halogens is 1. The molecule has 0 saturated heterocycles. The minimum absolute atomic E-state index is 0.0783. The van der Waals surface area contributed by atoms with Gasteiger partial charge in [-0.3, -0.25) is 0 Å². The Morgan fingerprint density at radius 2 is 2.10 bits per heavy atom. The average Bonchev–Trinajstić information content (AvgIpc) is 2.38. The number of ether oxygens (including phenoxy) is 1. The molecule has 2 amide bonds. The van der Waals surface area contributed by atoms with Gasteiger partial charge in [0.15, 0.2) is 0 Å². The Kier molecular flexibility index (Phi) is 5.40. The number of rotatable bonds is 5. The van der Waals surface area contributed by atoms with E-state index in [4.69, 9.17) is 21.4 Å². The molecule has 0 aliphatic rings. The lowest BCUT2D eigenvalue weighted by molar-refractivity contribution is 0.0693. The van der Waals surface area contributed by atoms with Gasteiger partial charge in [-0.15, -0.1) is 0 Å². The van der Waals surface area contributed by atoms with Gasteiger partial charge >= 0.3 is 12.0 Å². The summed E-state index contributed by atoms with van der Waals surface area (Å²) < 4.78 is 4.96. The van der Waals surface area contributed by atoms with E-state index >= 15 is 0 Å². The van der Waals surface area contributed by atoms with Crippen molar-refractivity contribution in [2.24, 2.45) is 0 Å². The van der Waals surface area contributed by atoms with E-state index in [2.05, 4.69) is 17.2 Å². The molecule has 0 aromatic heterocycles. The number of anilines is 1. The fourth-order valence-electron chi connectivity index (χ4n) is 1.38. The third kappa shape index (κ3) is 4.17. The Balaban J connectivity index is 2.93. The summed E-state index contributed by atoms with van der Waals surface area (Å²) in [5.74, 6) is -1.06. The minimum atomic E-state index is -1.16. The number of carbonyl (C=O) groups excluding carboxylic acids is 1. The van der Waals surface area contributed by atoms with E-state index < -0.39 is 12.0 Å². The lowest BCUT2D eigenvalue weighted by Gasteiger charge is -2.12. The van der Waals surface area contributed by atoms with Crippen LogP contribution in [0, 0.1) is 0 Å². The van der Waals surface area contributed by atoms with Crippen LogP contribution in [-0.4, -0.2) is 30.8 Å². The number of aromatic carboxylic acids is 1. The summed E-state index contributed by atoms with van der Waals surface area (Å²) in [4.78, 5) is 22.6. The second-order valence-corrected chi connectivity index (χ2v) is 4.51. The molecule has 0 atom stereocenters. The zero-order chi connectivity index (χ0) is 15.3. The van der Waals surface area contributed by atoms with Gasteiger partial charge in [0, 0.05) is 12.6 Å². The van der Waals surface area contributed by atoms with Gasteiger partial charge in [-0.2, -0.15) is 0 Å². The van der Waals surface area contributed by atoms with Crippen molar-refractivity contribution in [1.29, 1.82) is 0 Å². The normalized spacial score (nSPS) is 9.75. The van der Waals surface area contributed by atoms with E-state index in [0.717, 1.165) is 5.57 Å². The molecule has 20 heavy (non-hydrogen) atoms. The van der Waals surface area contributed by atoms with Crippen molar-refractivity contribution >= 4 is 29.3 Å². The second kappa shape index (κ2) is 6.81. The predicted octanol–water partition coefficient (Wildman–Crippen LogP) is 2.74. The zero-order valence-corrected chi connectivity index (χ0v) is 11.9. The van der Waals surface area contributed by atoms with Crippen molar-refractivity contribution in [3.05, 3.63) is 34.9 Å². The van der Waals surface area contributed by atoms with Crippen LogP contribution >= 0.6 is 11.6 Å². The Labute approximate surface area is 121 Å². The highest BCUT2D eigenvalue weighted by Crippen LogP contribution is 2.30. The monoisotopic (exact) mass is 298 g/mol. The molecule has 7 heteroatoms. The van der Waals surface area contributed by atoms with Crippen molar-refractivity contribution in [2.45, 2.75) is 6.92 Å². The van der Waals surface area contributed by atoms with Crippen LogP contribution in [-0.2, 0) is 0 Å². The van der Waals surface area contributed by atoms with Gasteiger partial charge in [0.05, 0.1) is 17.8 Å². The van der Waals surface area contributed by atoms with Crippen LogP contribution in [0.4, 0.5) is 10.5 Å². The molecule has 1 rings (SSSR count). The molecule has 3 N–H and O–H groups in total. The topological polar surface area (TPSA) is 87.7 Å². The van der Waals surface area contributed by atoms with E-state index in [9.17, 15) is 9.59 Å². The first kappa shape index (κ1) is 15.8.